The van der Waals surface area contributed by atoms with Gasteiger partial charge in [0.1, 0.15) is 0 Å². The topological polar surface area (TPSA) is 75.9 Å². The lowest BCUT2D eigenvalue weighted by molar-refractivity contribution is -0.117. The number of nitrogens with zero attached hydrogens (tertiary/aromatic N) is 5. The smallest absolute Gasteiger partial charge is 0.241 e. The molecule has 0 unspecified atom stereocenters. The molecule has 4 rings (SSSR count). The zero-order valence-corrected chi connectivity index (χ0v) is 16.1. The van der Waals surface area contributed by atoms with Crippen molar-refractivity contribution in [3.05, 3.63) is 36.7 Å². The normalized spacial score (nSPS) is 15.9. The van der Waals surface area contributed by atoms with Gasteiger partial charge in [0, 0.05) is 30.1 Å². The standard InChI is InChI=1S/C20H22F2N6O/c1-27-11-16(10-23-27)14-2-3-17-15(8-14)9-18(26-25-17)24-19(29)12-28-6-4-13(5-7-28)20(21)22/h2-3,8-11,13,20H,4-7,12H2,1H3,(H,24,26,29). The number of halogens is 2. The Morgan fingerprint density at radius 1 is 1.21 bits per heavy atom. The average Bonchev–Trinajstić information content (AvgIpc) is 3.14. The van der Waals surface area contributed by atoms with Gasteiger partial charge in [0.05, 0.1) is 18.3 Å². The minimum absolute atomic E-state index is 0.158. The van der Waals surface area contributed by atoms with Gasteiger partial charge in [-0.25, -0.2) is 8.78 Å². The van der Waals surface area contributed by atoms with Crippen LogP contribution in [0, 0.1) is 5.92 Å². The highest BCUT2D eigenvalue weighted by Gasteiger charge is 2.26. The lowest BCUT2D eigenvalue weighted by Crippen LogP contribution is -2.40. The van der Waals surface area contributed by atoms with Crippen LogP contribution in [-0.4, -0.2) is 56.8 Å². The number of amides is 1. The average molecular weight is 400 g/mol. The Kier molecular flexibility index (Phi) is 5.48. The molecule has 0 atom stereocenters. The molecule has 152 valence electrons. The van der Waals surface area contributed by atoms with Gasteiger partial charge < -0.3 is 5.32 Å². The zero-order chi connectivity index (χ0) is 20.4. The Morgan fingerprint density at radius 2 is 2.00 bits per heavy atom. The number of hydrogen-bond acceptors (Lipinski definition) is 5. The number of carbonyl (C=O) groups is 1. The van der Waals surface area contributed by atoms with Gasteiger partial charge >= 0.3 is 0 Å². The summed E-state index contributed by atoms with van der Waals surface area (Å²) in [7, 11) is 1.86. The molecule has 2 aromatic heterocycles. The van der Waals surface area contributed by atoms with E-state index in [1.165, 1.54) is 0 Å². The molecule has 0 bridgehead atoms. The van der Waals surface area contributed by atoms with E-state index in [0.29, 0.717) is 31.7 Å². The molecule has 1 N–H and O–H groups in total. The van der Waals surface area contributed by atoms with Gasteiger partial charge in [0.15, 0.2) is 5.82 Å². The second kappa shape index (κ2) is 8.20. The van der Waals surface area contributed by atoms with Crippen molar-refractivity contribution in [1.82, 2.24) is 24.9 Å². The number of rotatable bonds is 5. The number of aromatic nitrogens is 4. The van der Waals surface area contributed by atoms with E-state index in [0.717, 1.165) is 22.0 Å². The van der Waals surface area contributed by atoms with E-state index in [-0.39, 0.29) is 12.5 Å². The number of carbonyl (C=O) groups excluding carboxylic acids is 1. The van der Waals surface area contributed by atoms with Crippen LogP contribution >= 0.6 is 0 Å². The first-order valence-electron chi connectivity index (χ1n) is 9.55. The van der Waals surface area contributed by atoms with Gasteiger partial charge in [-0.3, -0.25) is 14.4 Å². The van der Waals surface area contributed by atoms with Crippen molar-refractivity contribution in [2.24, 2.45) is 13.0 Å². The molecule has 1 aliphatic rings. The van der Waals surface area contributed by atoms with Gasteiger partial charge in [-0.15, -0.1) is 10.2 Å². The van der Waals surface area contributed by atoms with Crippen LogP contribution in [0.4, 0.5) is 14.6 Å². The van der Waals surface area contributed by atoms with Gasteiger partial charge in [0.2, 0.25) is 12.3 Å². The van der Waals surface area contributed by atoms with Crippen molar-refractivity contribution in [2.45, 2.75) is 19.3 Å². The molecule has 0 aliphatic carbocycles. The van der Waals surface area contributed by atoms with Crippen LogP contribution < -0.4 is 5.32 Å². The van der Waals surface area contributed by atoms with Crippen molar-refractivity contribution in [1.29, 1.82) is 0 Å². The molecule has 9 heteroatoms. The first-order chi connectivity index (χ1) is 14.0. The number of fused-ring (bicyclic) bond motifs is 1. The summed E-state index contributed by atoms with van der Waals surface area (Å²) in [5, 5.41) is 16.0. The van der Waals surface area contributed by atoms with Gasteiger partial charge in [-0.2, -0.15) is 5.10 Å². The van der Waals surface area contributed by atoms with Crippen LogP contribution in [0.3, 0.4) is 0 Å². The lowest BCUT2D eigenvalue weighted by Gasteiger charge is -2.30. The largest absolute Gasteiger partial charge is 0.308 e. The molecule has 3 heterocycles. The second-order valence-corrected chi connectivity index (χ2v) is 7.40. The fourth-order valence-corrected chi connectivity index (χ4v) is 3.60. The molecule has 3 aromatic rings. The quantitative estimate of drug-likeness (QED) is 0.713. The predicted molar refractivity (Wildman–Crippen MR) is 106 cm³/mol. The molecule has 0 saturated carbocycles. The SMILES string of the molecule is Cn1cc(-c2ccc3nnc(NC(=O)CN4CCC(C(F)F)CC4)cc3c2)cn1. The number of alkyl halides is 2. The first-order valence-corrected chi connectivity index (χ1v) is 9.55. The minimum Gasteiger partial charge on any atom is -0.308 e. The van der Waals surface area contributed by atoms with Crippen molar-refractivity contribution in [3.8, 4) is 11.1 Å². The van der Waals surface area contributed by atoms with Crippen LogP contribution in [0.5, 0.6) is 0 Å². The van der Waals surface area contributed by atoms with E-state index in [9.17, 15) is 13.6 Å². The molecular formula is C20H22F2N6O. The van der Waals surface area contributed by atoms with Crippen molar-refractivity contribution >= 4 is 22.6 Å². The highest BCUT2D eigenvalue weighted by Crippen LogP contribution is 2.25. The Bertz CT molecular complexity index is 1010. The number of nitrogens with one attached hydrogen (secondary N) is 1. The van der Waals surface area contributed by atoms with E-state index < -0.39 is 12.3 Å². The van der Waals surface area contributed by atoms with Crippen LogP contribution in [-0.2, 0) is 11.8 Å². The number of anilines is 1. The Morgan fingerprint density at radius 3 is 2.69 bits per heavy atom. The predicted octanol–water partition coefficient (Wildman–Crippen LogP) is 2.95. The van der Waals surface area contributed by atoms with E-state index in [4.69, 9.17) is 0 Å². The Balaban J connectivity index is 1.42. The third-order valence-corrected chi connectivity index (χ3v) is 5.25. The first kappa shape index (κ1) is 19.4. The maximum absolute atomic E-state index is 12.7. The molecular weight excluding hydrogens is 378 g/mol. The highest BCUT2D eigenvalue weighted by atomic mass is 19.3. The van der Waals surface area contributed by atoms with Crippen molar-refractivity contribution in [2.75, 3.05) is 25.0 Å². The third kappa shape index (κ3) is 4.56. The lowest BCUT2D eigenvalue weighted by atomic mass is 9.97. The molecule has 1 aliphatic heterocycles. The summed E-state index contributed by atoms with van der Waals surface area (Å²) in [6.45, 7) is 1.16. The maximum atomic E-state index is 12.7. The zero-order valence-electron chi connectivity index (χ0n) is 16.1. The summed E-state index contributed by atoms with van der Waals surface area (Å²) < 4.78 is 27.2. The number of hydrogen-bond donors (Lipinski definition) is 1. The molecule has 1 amide bonds. The van der Waals surface area contributed by atoms with Crippen molar-refractivity contribution < 1.29 is 13.6 Å². The number of benzene rings is 1. The highest BCUT2D eigenvalue weighted by molar-refractivity contribution is 5.93. The van der Waals surface area contributed by atoms with E-state index in [1.54, 1.807) is 16.9 Å². The number of piperidine rings is 1. The second-order valence-electron chi connectivity index (χ2n) is 7.40. The van der Waals surface area contributed by atoms with E-state index in [1.807, 2.05) is 36.3 Å². The molecule has 7 nitrogen and oxygen atoms in total. The molecule has 0 spiro atoms. The van der Waals surface area contributed by atoms with Gasteiger partial charge in [-0.05, 0) is 49.7 Å². The van der Waals surface area contributed by atoms with Gasteiger partial charge in [-0.1, -0.05) is 6.07 Å². The monoisotopic (exact) mass is 400 g/mol. The Hall–Kier alpha value is -2.94. The maximum Gasteiger partial charge on any atom is 0.241 e. The fraction of sp³-hybridized carbons (Fsp3) is 0.400. The van der Waals surface area contributed by atoms with Crippen LogP contribution in [0.25, 0.3) is 22.0 Å². The third-order valence-electron chi connectivity index (χ3n) is 5.25. The van der Waals surface area contributed by atoms with E-state index in [2.05, 4.69) is 20.6 Å². The van der Waals surface area contributed by atoms with Crippen LogP contribution in [0.1, 0.15) is 12.8 Å². The van der Waals surface area contributed by atoms with Crippen LogP contribution in [0.2, 0.25) is 0 Å². The molecule has 1 saturated heterocycles. The molecule has 1 aromatic carbocycles. The summed E-state index contributed by atoms with van der Waals surface area (Å²) in [6.07, 6.45) is 2.26. The van der Waals surface area contributed by atoms with Crippen molar-refractivity contribution in [3.63, 3.8) is 0 Å². The Labute approximate surface area is 166 Å². The summed E-state index contributed by atoms with van der Waals surface area (Å²) in [4.78, 5) is 14.2. The molecule has 29 heavy (non-hydrogen) atoms. The summed E-state index contributed by atoms with van der Waals surface area (Å²) >= 11 is 0. The van der Waals surface area contributed by atoms with Crippen LogP contribution in [0.15, 0.2) is 36.7 Å². The summed E-state index contributed by atoms with van der Waals surface area (Å²) in [5.74, 6) is -0.416. The minimum atomic E-state index is -2.28. The summed E-state index contributed by atoms with van der Waals surface area (Å²) in [6, 6.07) is 7.59. The number of likely N-dealkylation sites (tertiary alicyclic amines) is 1. The molecule has 0 radical (unpaired) electrons. The number of aryl methyl sites for hydroxylation is 1. The van der Waals surface area contributed by atoms with E-state index >= 15 is 0 Å². The summed E-state index contributed by atoms with van der Waals surface area (Å²) in [5.41, 5.74) is 2.71. The molecule has 1 fully saturated rings. The fourth-order valence-electron chi connectivity index (χ4n) is 3.60. The van der Waals surface area contributed by atoms with Gasteiger partial charge in [0.25, 0.3) is 0 Å².